The van der Waals surface area contributed by atoms with E-state index >= 15 is 0 Å². The Hall–Kier alpha value is -1.91. The third kappa shape index (κ3) is 3.56. The minimum absolute atomic E-state index is 0.00984. The molecule has 0 aliphatic carbocycles. The van der Waals surface area contributed by atoms with Crippen molar-refractivity contribution >= 4 is 11.9 Å². The number of carboxylic acids is 1. The van der Waals surface area contributed by atoms with Gasteiger partial charge in [0.25, 0.3) is 5.91 Å². The smallest absolute Gasteiger partial charge is 0.303 e. The predicted octanol–water partition coefficient (Wildman–Crippen LogP) is 2.11. The highest BCUT2D eigenvalue weighted by Crippen LogP contribution is 2.23. The minimum Gasteiger partial charge on any atom is -0.481 e. The van der Waals surface area contributed by atoms with E-state index in [1.54, 1.807) is 12.4 Å². The van der Waals surface area contributed by atoms with Gasteiger partial charge in [0, 0.05) is 31.9 Å². The number of nitrogens with zero attached hydrogens (tertiary/aromatic N) is 2. The van der Waals surface area contributed by atoms with Crippen LogP contribution in [-0.4, -0.2) is 40.0 Å². The van der Waals surface area contributed by atoms with E-state index in [4.69, 9.17) is 5.11 Å². The topological polar surface area (TPSA) is 70.5 Å². The van der Waals surface area contributed by atoms with E-state index in [-0.39, 0.29) is 12.3 Å². The molecule has 20 heavy (non-hydrogen) atoms. The molecule has 1 fully saturated rings. The fourth-order valence-electron chi connectivity index (χ4n) is 2.67. The molecule has 0 aromatic carbocycles. The fourth-order valence-corrected chi connectivity index (χ4v) is 2.67. The van der Waals surface area contributed by atoms with Crippen molar-refractivity contribution < 1.29 is 14.7 Å². The van der Waals surface area contributed by atoms with Crippen molar-refractivity contribution in [3.63, 3.8) is 0 Å². The molecule has 1 unspecified atom stereocenters. The lowest BCUT2D eigenvalue weighted by Crippen LogP contribution is -2.40. The van der Waals surface area contributed by atoms with Crippen LogP contribution >= 0.6 is 0 Å². The van der Waals surface area contributed by atoms with Crippen molar-refractivity contribution in [3.8, 4) is 0 Å². The third-order valence-electron chi connectivity index (χ3n) is 3.84. The summed E-state index contributed by atoms with van der Waals surface area (Å²) in [5.41, 5.74) is 1.57. The van der Waals surface area contributed by atoms with Crippen molar-refractivity contribution in [2.24, 2.45) is 5.92 Å². The molecule has 1 amide bonds. The van der Waals surface area contributed by atoms with Crippen LogP contribution in [0.1, 0.15) is 41.6 Å². The van der Waals surface area contributed by atoms with Crippen molar-refractivity contribution in [3.05, 3.63) is 29.6 Å². The molecule has 5 nitrogen and oxygen atoms in total. The van der Waals surface area contributed by atoms with E-state index in [1.807, 2.05) is 17.9 Å². The Kier molecular flexibility index (Phi) is 4.71. The second-order valence-corrected chi connectivity index (χ2v) is 5.38. The molecule has 1 aliphatic rings. The summed E-state index contributed by atoms with van der Waals surface area (Å²) in [6.07, 6.45) is 6.05. The highest BCUT2D eigenvalue weighted by Gasteiger charge is 2.25. The van der Waals surface area contributed by atoms with Gasteiger partial charge in [-0.15, -0.1) is 0 Å². The van der Waals surface area contributed by atoms with E-state index in [1.165, 1.54) is 0 Å². The maximum atomic E-state index is 12.5. The van der Waals surface area contributed by atoms with Crippen LogP contribution in [0.3, 0.4) is 0 Å². The first-order chi connectivity index (χ1) is 9.58. The molecular formula is C15H20N2O3. The number of aliphatic carboxylic acids is 1. The molecule has 108 valence electrons. The van der Waals surface area contributed by atoms with Crippen LogP contribution in [0.15, 0.2) is 18.5 Å². The van der Waals surface area contributed by atoms with Gasteiger partial charge in [0.1, 0.15) is 0 Å². The normalized spacial score (nSPS) is 18.9. The van der Waals surface area contributed by atoms with E-state index in [0.717, 1.165) is 24.9 Å². The van der Waals surface area contributed by atoms with Gasteiger partial charge in [-0.3, -0.25) is 14.6 Å². The van der Waals surface area contributed by atoms with Gasteiger partial charge >= 0.3 is 5.97 Å². The summed E-state index contributed by atoms with van der Waals surface area (Å²) in [4.78, 5) is 29.0. The van der Waals surface area contributed by atoms with Gasteiger partial charge in [0.05, 0.1) is 5.56 Å². The third-order valence-corrected chi connectivity index (χ3v) is 3.84. The Morgan fingerprint density at radius 3 is 3.00 bits per heavy atom. The zero-order valence-electron chi connectivity index (χ0n) is 11.7. The minimum atomic E-state index is -0.767. The summed E-state index contributed by atoms with van der Waals surface area (Å²) in [6.45, 7) is 3.30. The second-order valence-electron chi connectivity index (χ2n) is 5.38. The number of piperidine rings is 1. The van der Waals surface area contributed by atoms with Gasteiger partial charge in [-0.1, -0.05) is 0 Å². The number of carboxylic acid groups (broad SMARTS) is 1. The fraction of sp³-hybridized carbons (Fsp3) is 0.533. The number of hydrogen-bond acceptors (Lipinski definition) is 3. The Bertz CT molecular complexity index is 502. The van der Waals surface area contributed by atoms with E-state index < -0.39 is 5.97 Å². The molecule has 1 aromatic heterocycles. The summed E-state index contributed by atoms with van der Waals surface area (Å²) >= 11 is 0. The largest absolute Gasteiger partial charge is 0.481 e. The monoisotopic (exact) mass is 276 g/mol. The number of carbonyl (C=O) groups is 2. The average Bonchev–Trinajstić information content (AvgIpc) is 2.45. The van der Waals surface area contributed by atoms with Gasteiger partial charge in [0.15, 0.2) is 0 Å². The quantitative estimate of drug-likeness (QED) is 0.914. The first-order valence-electron chi connectivity index (χ1n) is 6.99. The van der Waals surface area contributed by atoms with Crippen molar-refractivity contribution in [2.45, 2.75) is 32.6 Å². The van der Waals surface area contributed by atoms with E-state index in [2.05, 4.69) is 4.98 Å². The molecule has 2 heterocycles. The zero-order chi connectivity index (χ0) is 14.5. The SMILES string of the molecule is Cc1ccncc1C(=O)N1CCCC(CCC(=O)O)C1. The van der Waals surface area contributed by atoms with Crippen LogP contribution in [0.5, 0.6) is 0 Å². The van der Waals surface area contributed by atoms with Crippen LogP contribution < -0.4 is 0 Å². The molecule has 0 saturated carbocycles. The maximum absolute atomic E-state index is 12.5. The number of amides is 1. The zero-order valence-corrected chi connectivity index (χ0v) is 11.7. The number of likely N-dealkylation sites (tertiary alicyclic amines) is 1. The van der Waals surface area contributed by atoms with Gasteiger partial charge in [-0.2, -0.15) is 0 Å². The molecule has 0 bridgehead atoms. The molecule has 1 aliphatic heterocycles. The van der Waals surface area contributed by atoms with Gasteiger partial charge < -0.3 is 10.0 Å². The van der Waals surface area contributed by atoms with Crippen molar-refractivity contribution in [1.29, 1.82) is 0 Å². The summed E-state index contributed by atoms with van der Waals surface area (Å²) in [5.74, 6) is -0.465. The van der Waals surface area contributed by atoms with Crippen molar-refractivity contribution in [1.82, 2.24) is 9.88 Å². The highest BCUT2D eigenvalue weighted by molar-refractivity contribution is 5.95. The van der Waals surface area contributed by atoms with Crippen LogP contribution in [0.25, 0.3) is 0 Å². The molecule has 5 heteroatoms. The van der Waals surface area contributed by atoms with Crippen LogP contribution in [0.4, 0.5) is 0 Å². The molecule has 1 aromatic rings. The first kappa shape index (κ1) is 14.5. The molecule has 1 saturated heterocycles. The highest BCUT2D eigenvalue weighted by atomic mass is 16.4. The Labute approximate surface area is 118 Å². The summed E-state index contributed by atoms with van der Waals surface area (Å²) in [7, 11) is 0. The number of rotatable bonds is 4. The maximum Gasteiger partial charge on any atom is 0.303 e. The van der Waals surface area contributed by atoms with E-state index in [0.29, 0.717) is 24.4 Å². The van der Waals surface area contributed by atoms with E-state index in [9.17, 15) is 9.59 Å². The Morgan fingerprint density at radius 2 is 2.30 bits per heavy atom. The second kappa shape index (κ2) is 6.50. The summed E-state index contributed by atoms with van der Waals surface area (Å²) in [5, 5.41) is 8.74. The molecule has 1 atom stereocenters. The molecule has 0 spiro atoms. The molecular weight excluding hydrogens is 256 g/mol. The Balaban J connectivity index is 2.00. The molecule has 0 radical (unpaired) electrons. The molecule has 2 rings (SSSR count). The first-order valence-corrected chi connectivity index (χ1v) is 6.99. The van der Waals surface area contributed by atoms with Crippen LogP contribution in [0, 0.1) is 12.8 Å². The lowest BCUT2D eigenvalue weighted by atomic mass is 9.93. The number of carbonyl (C=O) groups excluding carboxylic acids is 1. The number of hydrogen-bond donors (Lipinski definition) is 1. The lowest BCUT2D eigenvalue weighted by molar-refractivity contribution is -0.137. The van der Waals surface area contributed by atoms with Gasteiger partial charge in [-0.25, -0.2) is 0 Å². The summed E-state index contributed by atoms with van der Waals surface area (Å²) in [6, 6.07) is 1.83. The number of pyridine rings is 1. The van der Waals surface area contributed by atoms with Gasteiger partial charge in [-0.05, 0) is 43.7 Å². The summed E-state index contributed by atoms with van der Waals surface area (Å²) < 4.78 is 0. The standard InChI is InChI=1S/C15H20N2O3/c1-11-6-7-16-9-13(11)15(20)17-8-2-3-12(10-17)4-5-14(18)19/h6-7,9,12H,2-5,8,10H2,1H3,(H,18,19). The molecule has 1 N–H and O–H groups in total. The van der Waals surface area contributed by atoms with Gasteiger partial charge in [0.2, 0.25) is 0 Å². The Morgan fingerprint density at radius 1 is 1.50 bits per heavy atom. The van der Waals surface area contributed by atoms with Crippen LogP contribution in [0.2, 0.25) is 0 Å². The van der Waals surface area contributed by atoms with Crippen LogP contribution in [-0.2, 0) is 4.79 Å². The van der Waals surface area contributed by atoms with Crippen molar-refractivity contribution in [2.75, 3.05) is 13.1 Å². The average molecular weight is 276 g/mol. The predicted molar refractivity (Wildman–Crippen MR) is 74.5 cm³/mol. The number of aromatic nitrogens is 1. The number of aryl methyl sites for hydroxylation is 1. The lowest BCUT2D eigenvalue weighted by Gasteiger charge is -2.33.